The summed E-state index contributed by atoms with van der Waals surface area (Å²) in [7, 11) is -3.19. The van der Waals surface area contributed by atoms with Gasteiger partial charge in [0.2, 0.25) is 10.0 Å². The Balaban J connectivity index is 1.97. The number of urea groups is 1. The average Bonchev–Trinajstić information content (AvgIpc) is 2.67. The lowest BCUT2D eigenvalue weighted by molar-refractivity contribution is 0.238. The van der Waals surface area contributed by atoms with E-state index in [2.05, 4.69) is 20.3 Å². The van der Waals surface area contributed by atoms with Crippen LogP contribution in [0.15, 0.2) is 0 Å². The van der Waals surface area contributed by atoms with E-state index >= 15 is 0 Å². The van der Waals surface area contributed by atoms with E-state index in [1.54, 1.807) is 0 Å². The van der Waals surface area contributed by atoms with Crippen molar-refractivity contribution in [3.8, 4) is 0 Å². The molecule has 0 atom stereocenters. The first-order valence-corrected chi connectivity index (χ1v) is 9.55. The molecule has 1 aliphatic rings. The Morgan fingerprint density at radius 1 is 1.00 bits per heavy atom. The van der Waals surface area contributed by atoms with Crippen molar-refractivity contribution in [1.29, 1.82) is 0 Å². The van der Waals surface area contributed by atoms with Crippen molar-refractivity contribution in [3.63, 3.8) is 0 Å². The molecule has 7 nitrogen and oxygen atoms in total. The highest BCUT2D eigenvalue weighted by atomic mass is 32.2. The van der Waals surface area contributed by atoms with Crippen molar-refractivity contribution in [1.82, 2.24) is 20.3 Å². The number of amides is 2. The Hall–Kier alpha value is -0.860. The molecule has 0 aromatic carbocycles. The molecule has 0 unspecified atom stereocenters. The molecule has 0 spiro atoms. The molecule has 0 aliphatic carbocycles. The summed E-state index contributed by atoms with van der Waals surface area (Å²) in [6.07, 6.45) is 7.25. The maximum atomic E-state index is 11.5. The van der Waals surface area contributed by atoms with E-state index in [9.17, 15) is 13.2 Å². The van der Waals surface area contributed by atoms with Crippen LogP contribution in [0.2, 0.25) is 0 Å². The van der Waals surface area contributed by atoms with Crippen molar-refractivity contribution in [2.75, 3.05) is 45.5 Å². The first-order valence-electron chi connectivity index (χ1n) is 7.66. The zero-order chi connectivity index (χ0) is 15.6. The molecule has 1 saturated heterocycles. The summed E-state index contributed by atoms with van der Waals surface area (Å²) in [6.45, 7) is 4.50. The first kappa shape index (κ1) is 18.2. The Morgan fingerprint density at radius 2 is 1.62 bits per heavy atom. The molecule has 21 heavy (non-hydrogen) atoms. The van der Waals surface area contributed by atoms with Crippen molar-refractivity contribution in [2.24, 2.45) is 0 Å². The smallest absolute Gasteiger partial charge is 0.314 e. The molecular weight excluding hydrogens is 292 g/mol. The molecule has 0 aromatic rings. The second-order valence-corrected chi connectivity index (χ2v) is 7.29. The normalized spacial score (nSPS) is 17.2. The van der Waals surface area contributed by atoms with Gasteiger partial charge in [0.25, 0.3) is 0 Å². The van der Waals surface area contributed by atoms with Crippen LogP contribution in [0.3, 0.4) is 0 Å². The average molecular weight is 320 g/mol. The summed E-state index contributed by atoms with van der Waals surface area (Å²) in [5, 5.41) is 5.39. The number of nitrogens with one attached hydrogen (secondary N) is 3. The van der Waals surface area contributed by atoms with E-state index in [-0.39, 0.29) is 19.1 Å². The molecule has 1 aliphatic heterocycles. The number of carbonyl (C=O) groups excluding carboxylic acids is 1. The second kappa shape index (κ2) is 9.97. The Morgan fingerprint density at radius 3 is 2.24 bits per heavy atom. The van der Waals surface area contributed by atoms with Gasteiger partial charge in [-0.2, -0.15) is 0 Å². The molecule has 2 amide bonds. The van der Waals surface area contributed by atoms with Gasteiger partial charge in [-0.3, -0.25) is 0 Å². The predicted molar refractivity (Wildman–Crippen MR) is 83.8 cm³/mol. The molecular formula is C13H28N4O3S. The van der Waals surface area contributed by atoms with Crippen LogP contribution < -0.4 is 15.4 Å². The van der Waals surface area contributed by atoms with Crippen molar-refractivity contribution in [3.05, 3.63) is 0 Å². The second-order valence-electron chi connectivity index (χ2n) is 5.46. The summed E-state index contributed by atoms with van der Waals surface area (Å²) in [5.74, 6) is 0. The van der Waals surface area contributed by atoms with Crippen LogP contribution in [0.25, 0.3) is 0 Å². The van der Waals surface area contributed by atoms with Crippen LogP contribution in [-0.2, 0) is 10.0 Å². The van der Waals surface area contributed by atoms with E-state index in [0.29, 0.717) is 6.54 Å². The van der Waals surface area contributed by atoms with Gasteiger partial charge in [0.1, 0.15) is 0 Å². The van der Waals surface area contributed by atoms with Crippen molar-refractivity contribution >= 4 is 16.1 Å². The van der Waals surface area contributed by atoms with Gasteiger partial charge in [0.05, 0.1) is 6.26 Å². The summed E-state index contributed by atoms with van der Waals surface area (Å²) >= 11 is 0. The lowest BCUT2D eigenvalue weighted by Crippen LogP contribution is -2.41. The van der Waals surface area contributed by atoms with Crippen LogP contribution >= 0.6 is 0 Å². The van der Waals surface area contributed by atoms with Gasteiger partial charge in [0.15, 0.2) is 0 Å². The molecule has 124 valence electrons. The zero-order valence-corrected chi connectivity index (χ0v) is 13.7. The number of nitrogens with zero attached hydrogens (tertiary/aromatic N) is 1. The molecule has 0 saturated carbocycles. The maximum Gasteiger partial charge on any atom is 0.314 e. The zero-order valence-electron chi connectivity index (χ0n) is 12.9. The highest BCUT2D eigenvalue weighted by Gasteiger charge is 2.08. The fourth-order valence-corrected chi connectivity index (χ4v) is 2.81. The number of hydrogen-bond donors (Lipinski definition) is 3. The number of hydrogen-bond acceptors (Lipinski definition) is 4. The molecule has 1 fully saturated rings. The molecule has 8 heteroatoms. The van der Waals surface area contributed by atoms with Gasteiger partial charge in [-0.1, -0.05) is 12.8 Å². The standard InChI is InChI=1S/C13H28N4O3S/c1-21(19,20)16-9-8-15-13(18)14-7-6-12-17-10-4-2-3-5-11-17/h16H,2-12H2,1H3,(H2,14,15,18). The van der Waals surface area contributed by atoms with Crippen LogP contribution in [0.5, 0.6) is 0 Å². The van der Waals surface area contributed by atoms with E-state index in [1.165, 1.54) is 38.8 Å². The largest absolute Gasteiger partial charge is 0.338 e. The first-order chi connectivity index (χ1) is 9.97. The van der Waals surface area contributed by atoms with E-state index < -0.39 is 10.0 Å². The van der Waals surface area contributed by atoms with Gasteiger partial charge in [-0.25, -0.2) is 17.9 Å². The Bertz CT molecular complexity index is 392. The SMILES string of the molecule is CS(=O)(=O)NCCNC(=O)NCCCN1CCCCCC1. The van der Waals surface area contributed by atoms with Crippen molar-refractivity contribution < 1.29 is 13.2 Å². The Labute approximate surface area is 127 Å². The topological polar surface area (TPSA) is 90.5 Å². The van der Waals surface area contributed by atoms with Crippen molar-refractivity contribution in [2.45, 2.75) is 32.1 Å². The van der Waals surface area contributed by atoms with Crippen LogP contribution in [0.4, 0.5) is 4.79 Å². The summed E-state index contributed by atoms with van der Waals surface area (Å²) in [5.41, 5.74) is 0. The predicted octanol–water partition coefficient (Wildman–Crippen LogP) is 0.101. The quantitative estimate of drug-likeness (QED) is 0.553. The molecule has 1 heterocycles. The minimum Gasteiger partial charge on any atom is -0.338 e. The van der Waals surface area contributed by atoms with Crippen LogP contribution in [-0.4, -0.2) is 64.9 Å². The lowest BCUT2D eigenvalue weighted by Gasteiger charge is -2.19. The van der Waals surface area contributed by atoms with Gasteiger partial charge < -0.3 is 15.5 Å². The van der Waals surface area contributed by atoms with Gasteiger partial charge in [0, 0.05) is 19.6 Å². The third-order valence-electron chi connectivity index (χ3n) is 3.41. The third-order valence-corrected chi connectivity index (χ3v) is 4.14. The molecule has 0 bridgehead atoms. The van der Waals surface area contributed by atoms with E-state index in [0.717, 1.165) is 19.2 Å². The van der Waals surface area contributed by atoms with Gasteiger partial charge in [-0.15, -0.1) is 0 Å². The fourth-order valence-electron chi connectivity index (χ4n) is 2.34. The molecule has 0 aromatic heterocycles. The minimum absolute atomic E-state index is 0.208. The van der Waals surface area contributed by atoms with E-state index in [1.807, 2.05) is 0 Å². The minimum atomic E-state index is -3.19. The number of carbonyl (C=O) groups is 1. The third kappa shape index (κ3) is 10.5. The Kier molecular flexibility index (Phi) is 8.63. The molecule has 3 N–H and O–H groups in total. The van der Waals surface area contributed by atoms with Crippen LogP contribution in [0, 0.1) is 0 Å². The molecule has 1 rings (SSSR count). The summed E-state index contributed by atoms with van der Waals surface area (Å²) in [4.78, 5) is 13.9. The van der Waals surface area contributed by atoms with Gasteiger partial charge in [-0.05, 0) is 38.9 Å². The number of rotatable bonds is 8. The van der Waals surface area contributed by atoms with Crippen LogP contribution in [0.1, 0.15) is 32.1 Å². The number of likely N-dealkylation sites (tertiary alicyclic amines) is 1. The van der Waals surface area contributed by atoms with Gasteiger partial charge >= 0.3 is 6.03 Å². The fraction of sp³-hybridized carbons (Fsp3) is 0.923. The summed E-state index contributed by atoms with van der Waals surface area (Å²) in [6, 6.07) is -0.249. The summed E-state index contributed by atoms with van der Waals surface area (Å²) < 4.78 is 24.0. The monoisotopic (exact) mass is 320 g/mol. The maximum absolute atomic E-state index is 11.5. The van der Waals surface area contributed by atoms with E-state index in [4.69, 9.17) is 0 Å². The lowest BCUT2D eigenvalue weighted by atomic mass is 10.2. The number of sulfonamides is 1. The highest BCUT2D eigenvalue weighted by Crippen LogP contribution is 2.09. The highest BCUT2D eigenvalue weighted by molar-refractivity contribution is 7.88. The molecule has 0 radical (unpaired) electrons.